The van der Waals surface area contributed by atoms with Crippen LogP contribution >= 0.6 is 11.3 Å². The summed E-state index contributed by atoms with van der Waals surface area (Å²) in [4.78, 5) is 26.0. The number of aliphatic hydroxyl groups excluding tert-OH is 1. The zero-order valence-corrected chi connectivity index (χ0v) is 34.5. The van der Waals surface area contributed by atoms with E-state index >= 15 is 0 Å². The van der Waals surface area contributed by atoms with Gasteiger partial charge in [0.25, 0.3) is 0 Å². The average molecular weight is 857 g/mol. The Labute approximate surface area is 311 Å². The molecule has 265 valence electrons. The van der Waals surface area contributed by atoms with E-state index in [0.29, 0.717) is 5.92 Å². The number of pyridine rings is 1. The zero-order chi connectivity index (χ0) is 35.3. The van der Waals surface area contributed by atoms with Crippen LogP contribution in [0.1, 0.15) is 116 Å². The smallest absolute Gasteiger partial charge is 0.162 e. The summed E-state index contributed by atoms with van der Waals surface area (Å²) < 4.78 is 2.45. The first-order valence-electron chi connectivity index (χ1n) is 17.7. The van der Waals surface area contributed by atoms with Crippen molar-refractivity contribution < 1.29 is 30.0 Å². The summed E-state index contributed by atoms with van der Waals surface area (Å²) in [5.74, 6) is 0.906. The van der Waals surface area contributed by atoms with Gasteiger partial charge in [0, 0.05) is 69.7 Å². The van der Waals surface area contributed by atoms with Gasteiger partial charge in [0.2, 0.25) is 0 Å². The summed E-state index contributed by atoms with van der Waals surface area (Å²) in [5.41, 5.74) is 9.34. The fourth-order valence-corrected chi connectivity index (χ4v) is 7.68. The zero-order valence-electron chi connectivity index (χ0n) is 31.2. The Morgan fingerprint density at radius 1 is 0.918 bits per heavy atom. The van der Waals surface area contributed by atoms with Crippen molar-refractivity contribution in [3.8, 4) is 11.3 Å². The Morgan fingerprint density at radius 3 is 2.16 bits per heavy atom. The van der Waals surface area contributed by atoms with Crippen molar-refractivity contribution in [2.75, 3.05) is 0 Å². The van der Waals surface area contributed by atoms with Gasteiger partial charge in [-0.3, -0.25) is 14.8 Å². The minimum absolute atomic E-state index is 0. The van der Waals surface area contributed by atoms with Gasteiger partial charge in [0.05, 0.1) is 11.3 Å². The molecule has 3 aromatic heterocycles. The van der Waals surface area contributed by atoms with Gasteiger partial charge in [0.1, 0.15) is 6.33 Å². The van der Waals surface area contributed by atoms with Crippen molar-refractivity contribution >= 4 is 48.3 Å². The molecule has 0 saturated heterocycles. The molecule has 0 saturated carbocycles. The normalized spacial score (nSPS) is 12.2. The van der Waals surface area contributed by atoms with Crippen LogP contribution in [0.15, 0.2) is 48.5 Å². The summed E-state index contributed by atoms with van der Waals surface area (Å²) in [5, 5.41) is 12.0. The van der Waals surface area contributed by atoms with Gasteiger partial charge < -0.3 is 5.11 Å². The second-order valence-electron chi connectivity index (χ2n) is 14.6. The van der Waals surface area contributed by atoms with Crippen molar-refractivity contribution in [1.29, 1.82) is 0 Å². The van der Waals surface area contributed by atoms with Crippen molar-refractivity contribution in [3.63, 3.8) is 0 Å². The average Bonchev–Trinajstić information content (AvgIpc) is 3.42. The molecule has 7 heteroatoms. The molecule has 2 aromatic carbocycles. The van der Waals surface area contributed by atoms with E-state index in [9.17, 15) is 9.90 Å². The Hall–Kier alpha value is -2.99. The number of thiophene rings is 1. The van der Waals surface area contributed by atoms with Crippen LogP contribution in [0, 0.1) is 37.2 Å². The van der Waals surface area contributed by atoms with Gasteiger partial charge in [-0.25, -0.2) is 4.98 Å². The largest absolute Gasteiger partial charge is 0.512 e. The minimum Gasteiger partial charge on any atom is -0.512 e. The molecule has 0 aliphatic heterocycles. The molecule has 0 unspecified atom stereocenters. The number of benzene rings is 2. The monoisotopic (exact) mass is 857 g/mol. The molecular weight excluding hydrogens is 803 g/mol. The number of carbonyl (C=O) groups is 1. The molecule has 0 fully saturated rings. The number of allylic oxidation sites excluding steroid dienone is 2. The molecule has 49 heavy (non-hydrogen) atoms. The maximum Gasteiger partial charge on any atom is 0.162 e. The molecule has 0 aliphatic rings. The molecule has 5 rings (SSSR count). The summed E-state index contributed by atoms with van der Waals surface area (Å²) in [6.07, 6.45) is 7.66. The second-order valence-corrected chi connectivity index (χ2v) is 15.6. The number of fused-ring (bicyclic) bond motifs is 4. The van der Waals surface area contributed by atoms with Gasteiger partial charge in [-0.1, -0.05) is 97.0 Å². The first kappa shape index (κ1) is 40.4. The van der Waals surface area contributed by atoms with Crippen molar-refractivity contribution in [3.05, 3.63) is 76.9 Å². The molecule has 0 spiro atoms. The summed E-state index contributed by atoms with van der Waals surface area (Å²) in [7, 11) is 0. The molecule has 5 aromatic rings. The van der Waals surface area contributed by atoms with Crippen LogP contribution in [0.5, 0.6) is 0 Å². The molecule has 0 bridgehead atoms. The molecule has 0 aliphatic carbocycles. The molecule has 1 N–H and O–H groups in total. The number of aliphatic hydroxyl groups is 1. The van der Waals surface area contributed by atoms with Gasteiger partial charge in [-0.05, 0) is 68.4 Å². The minimum atomic E-state index is 0. The first-order valence-corrected chi connectivity index (χ1v) is 18.5. The van der Waals surface area contributed by atoms with Crippen LogP contribution < -0.4 is 0 Å². The van der Waals surface area contributed by atoms with Crippen molar-refractivity contribution in [2.24, 2.45) is 17.3 Å². The molecule has 1 radical (unpaired) electrons. The van der Waals surface area contributed by atoms with Crippen molar-refractivity contribution in [1.82, 2.24) is 15.0 Å². The van der Waals surface area contributed by atoms with Gasteiger partial charge >= 0.3 is 0 Å². The van der Waals surface area contributed by atoms with E-state index in [1.54, 1.807) is 6.33 Å². The number of nitrogens with zero attached hydrogens (tertiary/aromatic N) is 3. The van der Waals surface area contributed by atoms with Crippen molar-refractivity contribution in [2.45, 2.75) is 114 Å². The molecule has 5 nitrogen and oxygen atoms in total. The number of rotatable bonds is 10. The number of carbonyl (C=O) groups excluding carboxylic acids is 1. The predicted octanol–water partition coefficient (Wildman–Crippen LogP) is 12.1. The third kappa shape index (κ3) is 9.42. The van der Waals surface area contributed by atoms with E-state index < -0.39 is 0 Å². The number of aromatic nitrogens is 3. The number of hydrogen-bond donors (Lipinski definition) is 1. The summed E-state index contributed by atoms with van der Waals surface area (Å²) in [6.45, 7) is 23.7. The Morgan fingerprint density at radius 2 is 1.57 bits per heavy atom. The quantitative estimate of drug-likeness (QED) is 0.0860. The fraction of sp³-hybridized carbons (Fsp3) is 0.476. The van der Waals surface area contributed by atoms with E-state index in [2.05, 4.69) is 77.9 Å². The standard InChI is InChI=1S/C29H30N3S.C13H24O2.Ir/c1-16(2)23-13-21(12-19-9-8-17(3)32-24(19)23)25-28-26(31-15-30-25)22-11-10-20(14-29(5,6)7)18(4)27(22)33-28;1-5-10(6-2)12(14)9-13(15)11(7-3)8-4;/h8-11,13,15-16H,14H2,1-7H3;9-11,14H,5-8H2,1-4H3;/q-1;;/b;12-9-;. The Kier molecular flexibility index (Phi) is 14.3. The van der Waals surface area contributed by atoms with Gasteiger partial charge in [0.15, 0.2) is 5.78 Å². The van der Waals surface area contributed by atoms with Crippen LogP contribution in [0.4, 0.5) is 0 Å². The molecule has 0 amide bonds. The van der Waals surface area contributed by atoms with E-state index in [4.69, 9.17) is 15.0 Å². The topological polar surface area (TPSA) is 76.0 Å². The third-order valence-corrected chi connectivity index (χ3v) is 10.7. The first-order chi connectivity index (χ1) is 22.7. The molecular formula is C42H54IrN3O2S-. The third-order valence-electron chi connectivity index (χ3n) is 9.34. The maximum absolute atomic E-state index is 11.7. The molecule has 0 atom stereocenters. The van der Waals surface area contributed by atoms with E-state index in [-0.39, 0.29) is 48.9 Å². The Bertz CT molecular complexity index is 1930. The SMILES string of the molecule is CCC(CC)C(=O)/C=C(\O)C(CC)CC.Cc1ccc2[c-]c(-c3ncnc4c3sc3c(C)c(CC(C)(C)C)ccc34)cc(C(C)C)c2n1.[Ir]. The maximum atomic E-state index is 11.7. The number of aryl methyl sites for hydroxylation is 2. The van der Waals surface area contributed by atoms with E-state index in [0.717, 1.165) is 70.2 Å². The van der Waals surface area contributed by atoms with Gasteiger partial charge in [-0.15, -0.1) is 29.5 Å². The van der Waals surface area contributed by atoms with E-state index in [1.807, 2.05) is 46.0 Å². The summed E-state index contributed by atoms with van der Waals surface area (Å²) in [6, 6.07) is 14.5. The van der Waals surface area contributed by atoms with Crippen LogP contribution in [0.2, 0.25) is 0 Å². The fourth-order valence-electron chi connectivity index (χ4n) is 6.40. The van der Waals surface area contributed by atoms with Crippen LogP contribution in [0.3, 0.4) is 0 Å². The second kappa shape index (κ2) is 17.3. The van der Waals surface area contributed by atoms with E-state index in [1.165, 1.54) is 32.9 Å². The van der Waals surface area contributed by atoms with Crippen LogP contribution in [0.25, 0.3) is 42.5 Å². The van der Waals surface area contributed by atoms with Gasteiger partial charge in [-0.2, -0.15) is 0 Å². The van der Waals surface area contributed by atoms with Crippen LogP contribution in [-0.4, -0.2) is 25.8 Å². The predicted molar refractivity (Wildman–Crippen MR) is 205 cm³/mol. The van der Waals surface area contributed by atoms with Crippen LogP contribution in [-0.2, 0) is 31.3 Å². The number of hydrogen-bond acceptors (Lipinski definition) is 6. The Balaban J connectivity index is 0.000000347. The number of ketones is 1. The molecule has 3 heterocycles. The summed E-state index contributed by atoms with van der Waals surface area (Å²) >= 11 is 1.81.